The van der Waals surface area contributed by atoms with E-state index in [1.54, 1.807) is 11.3 Å². The second-order valence-corrected chi connectivity index (χ2v) is 5.27. The maximum absolute atomic E-state index is 5.47. The molecule has 4 heteroatoms. The van der Waals surface area contributed by atoms with Crippen LogP contribution in [-0.4, -0.2) is 12.6 Å². The molecule has 0 aliphatic carbocycles. The highest BCUT2D eigenvalue weighted by atomic mass is 79.9. The molecular formula is C8H13BrN2S. The summed E-state index contributed by atoms with van der Waals surface area (Å²) < 4.78 is 1.18. The van der Waals surface area contributed by atoms with Gasteiger partial charge < -0.3 is 11.1 Å². The first kappa shape index (κ1) is 10.2. The van der Waals surface area contributed by atoms with Crippen molar-refractivity contribution < 1.29 is 0 Å². The minimum atomic E-state index is 0.394. The van der Waals surface area contributed by atoms with Crippen molar-refractivity contribution in [1.29, 1.82) is 0 Å². The number of hydrogen-bond acceptors (Lipinski definition) is 3. The topological polar surface area (TPSA) is 38.0 Å². The van der Waals surface area contributed by atoms with Gasteiger partial charge in [-0.25, -0.2) is 0 Å². The molecule has 3 N–H and O–H groups in total. The molecule has 0 bridgehead atoms. The minimum absolute atomic E-state index is 0.394. The molecule has 0 aliphatic heterocycles. The Labute approximate surface area is 85.3 Å². The van der Waals surface area contributed by atoms with Crippen LogP contribution in [0.25, 0.3) is 0 Å². The first-order valence-corrected chi connectivity index (χ1v) is 5.51. The molecule has 1 atom stereocenters. The van der Waals surface area contributed by atoms with Crippen LogP contribution in [0.1, 0.15) is 11.8 Å². The molecule has 0 radical (unpaired) electrons. The first-order chi connectivity index (χ1) is 5.72. The number of thiophene rings is 1. The Morgan fingerprint density at radius 1 is 1.67 bits per heavy atom. The zero-order valence-corrected chi connectivity index (χ0v) is 9.41. The van der Waals surface area contributed by atoms with Crippen LogP contribution < -0.4 is 11.1 Å². The molecule has 0 fully saturated rings. The van der Waals surface area contributed by atoms with Gasteiger partial charge in [-0.1, -0.05) is 0 Å². The van der Waals surface area contributed by atoms with Gasteiger partial charge in [-0.2, -0.15) is 0 Å². The third-order valence-electron chi connectivity index (χ3n) is 1.61. The van der Waals surface area contributed by atoms with Gasteiger partial charge in [0, 0.05) is 24.0 Å². The Balaban J connectivity index is 2.33. The maximum atomic E-state index is 5.47. The lowest BCUT2D eigenvalue weighted by molar-refractivity contribution is 0.560. The molecule has 1 rings (SSSR count). The van der Waals surface area contributed by atoms with Crippen LogP contribution >= 0.6 is 27.3 Å². The van der Waals surface area contributed by atoms with Crippen LogP contribution in [0, 0.1) is 0 Å². The van der Waals surface area contributed by atoms with Gasteiger partial charge in [0.05, 0.1) is 3.79 Å². The monoisotopic (exact) mass is 248 g/mol. The molecule has 1 aromatic heterocycles. The fourth-order valence-corrected chi connectivity index (χ4v) is 2.24. The van der Waals surface area contributed by atoms with E-state index >= 15 is 0 Å². The number of nitrogens with two attached hydrogens (primary N) is 1. The van der Waals surface area contributed by atoms with Crippen molar-refractivity contribution in [2.24, 2.45) is 5.73 Å². The molecule has 1 aromatic rings. The van der Waals surface area contributed by atoms with Crippen molar-refractivity contribution in [3.8, 4) is 0 Å². The van der Waals surface area contributed by atoms with Crippen molar-refractivity contribution in [1.82, 2.24) is 5.32 Å². The lowest BCUT2D eigenvalue weighted by atomic mass is 10.3. The summed E-state index contributed by atoms with van der Waals surface area (Å²) in [6.45, 7) is 3.68. The number of halogens is 1. The zero-order valence-electron chi connectivity index (χ0n) is 7.01. The number of nitrogens with one attached hydrogen (secondary N) is 1. The molecule has 0 saturated heterocycles. The van der Waals surface area contributed by atoms with Crippen LogP contribution in [0.15, 0.2) is 15.9 Å². The molecular weight excluding hydrogens is 236 g/mol. The Bertz CT molecular complexity index is 237. The summed E-state index contributed by atoms with van der Waals surface area (Å²) in [4.78, 5) is 1.34. The van der Waals surface area contributed by atoms with E-state index in [2.05, 4.69) is 40.3 Å². The predicted octanol–water partition coefficient (Wildman–Crippen LogP) is 1.95. The molecule has 0 spiro atoms. The Kier molecular flexibility index (Phi) is 4.21. The highest BCUT2D eigenvalue weighted by molar-refractivity contribution is 9.11. The molecule has 0 amide bonds. The molecule has 0 unspecified atom stereocenters. The highest BCUT2D eigenvalue weighted by Gasteiger charge is 2.00. The normalized spacial score (nSPS) is 13.2. The van der Waals surface area contributed by atoms with Crippen molar-refractivity contribution in [2.45, 2.75) is 19.5 Å². The van der Waals surface area contributed by atoms with Crippen molar-refractivity contribution in [3.05, 3.63) is 20.8 Å². The lowest BCUT2D eigenvalue weighted by Gasteiger charge is -2.08. The Morgan fingerprint density at radius 3 is 2.92 bits per heavy atom. The van der Waals surface area contributed by atoms with Gasteiger partial charge >= 0.3 is 0 Å². The zero-order chi connectivity index (χ0) is 8.97. The highest BCUT2D eigenvalue weighted by Crippen LogP contribution is 2.21. The van der Waals surface area contributed by atoms with Gasteiger partial charge in [0.2, 0.25) is 0 Å². The molecule has 68 valence electrons. The summed E-state index contributed by atoms with van der Waals surface area (Å²) in [5.74, 6) is 0. The predicted molar refractivity (Wildman–Crippen MR) is 57.4 cm³/mol. The molecule has 0 saturated carbocycles. The molecule has 12 heavy (non-hydrogen) atoms. The van der Waals surface area contributed by atoms with Gasteiger partial charge in [0.25, 0.3) is 0 Å². The van der Waals surface area contributed by atoms with E-state index in [1.165, 1.54) is 8.66 Å². The molecule has 2 nitrogen and oxygen atoms in total. The SMILES string of the molecule is C[C@@H](CN)NCc1ccc(Br)s1. The van der Waals surface area contributed by atoms with E-state index in [9.17, 15) is 0 Å². The van der Waals surface area contributed by atoms with Gasteiger partial charge in [0.1, 0.15) is 0 Å². The molecule has 0 aliphatic rings. The quantitative estimate of drug-likeness (QED) is 0.855. The summed E-state index contributed by atoms with van der Waals surface area (Å²) >= 11 is 5.18. The van der Waals surface area contributed by atoms with Crippen molar-refractivity contribution in [3.63, 3.8) is 0 Å². The summed E-state index contributed by atoms with van der Waals surface area (Å²) in [7, 11) is 0. The Hall–Kier alpha value is 0.1000. The van der Waals surface area contributed by atoms with Gasteiger partial charge in [-0.15, -0.1) is 11.3 Å². The largest absolute Gasteiger partial charge is 0.329 e. The Morgan fingerprint density at radius 2 is 2.42 bits per heavy atom. The van der Waals surface area contributed by atoms with Crippen molar-refractivity contribution in [2.75, 3.05) is 6.54 Å². The van der Waals surface area contributed by atoms with Gasteiger partial charge in [-0.3, -0.25) is 0 Å². The van der Waals surface area contributed by atoms with E-state index in [1.807, 2.05) is 0 Å². The summed E-state index contributed by atoms with van der Waals surface area (Å²) in [5, 5.41) is 3.33. The molecule has 1 heterocycles. The van der Waals surface area contributed by atoms with Crippen LogP contribution in [0.5, 0.6) is 0 Å². The number of hydrogen-bond donors (Lipinski definition) is 2. The van der Waals surface area contributed by atoms with E-state index in [-0.39, 0.29) is 0 Å². The smallest absolute Gasteiger partial charge is 0.0701 e. The maximum Gasteiger partial charge on any atom is 0.0701 e. The van der Waals surface area contributed by atoms with E-state index < -0.39 is 0 Å². The minimum Gasteiger partial charge on any atom is -0.329 e. The summed E-state index contributed by atoms with van der Waals surface area (Å²) in [6, 6.07) is 4.57. The number of rotatable bonds is 4. The fourth-order valence-electron chi connectivity index (χ4n) is 0.805. The van der Waals surface area contributed by atoms with Gasteiger partial charge in [0.15, 0.2) is 0 Å². The lowest BCUT2D eigenvalue weighted by Crippen LogP contribution is -2.32. The van der Waals surface area contributed by atoms with E-state index in [4.69, 9.17) is 5.73 Å². The van der Waals surface area contributed by atoms with E-state index in [0.717, 1.165) is 6.54 Å². The van der Waals surface area contributed by atoms with Crippen molar-refractivity contribution >= 4 is 27.3 Å². The average molecular weight is 249 g/mol. The fraction of sp³-hybridized carbons (Fsp3) is 0.500. The summed E-state index contributed by atoms with van der Waals surface area (Å²) in [5.41, 5.74) is 5.47. The van der Waals surface area contributed by atoms with E-state index in [0.29, 0.717) is 12.6 Å². The second-order valence-electron chi connectivity index (χ2n) is 2.72. The molecule has 0 aromatic carbocycles. The third-order valence-corrected chi connectivity index (χ3v) is 3.23. The first-order valence-electron chi connectivity index (χ1n) is 3.90. The third kappa shape index (κ3) is 3.23. The van der Waals surface area contributed by atoms with Gasteiger partial charge in [-0.05, 0) is 35.0 Å². The van der Waals surface area contributed by atoms with Crippen LogP contribution in [0.3, 0.4) is 0 Å². The van der Waals surface area contributed by atoms with Crippen LogP contribution in [0.2, 0.25) is 0 Å². The standard InChI is InChI=1S/C8H13BrN2S/c1-6(4-10)11-5-7-2-3-8(9)12-7/h2-3,6,11H,4-5,10H2,1H3/t6-/m0/s1. The second kappa shape index (κ2) is 4.97. The van der Waals surface area contributed by atoms with Crippen LogP contribution in [-0.2, 0) is 6.54 Å². The average Bonchev–Trinajstić information content (AvgIpc) is 2.47. The van der Waals surface area contributed by atoms with Crippen LogP contribution in [0.4, 0.5) is 0 Å². The summed E-state index contributed by atoms with van der Waals surface area (Å²) in [6.07, 6.45) is 0.